The summed E-state index contributed by atoms with van der Waals surface area (Å²) in [4.78, 5) is 24.9. The number of halogens is 1. The number of piperazine rings is 1. The molecule has 0 aliphatic carbocycles. The molecule has 150 valence electrons. The number of rotatable bonds is 6. The molecule has 1 aliphatic heterocycles. The van der Waals surface area contributed by atoms with Gasteiger partial charge in [0.25, 0.3) is 5.91 Å². The van der Waals surface area contributed by atoms with Gasteiger partial charge in [0.2, 0.25) is 0 Å². The summed E-state index contributed by atoms with van der Waals surface area (Å²) in [6.07, 6.45) is 6.11. The lowest BCUT2D eigenvalue weighted by atomic mass is 10.1. The Labute approximate surface area is 168 Å². The van der Waals surface area contributed by atoms with Gasteiger partial charge in [-0.3, -0.25) is 14.7 Å². The minimum absolute atomic E-state index is 0.0824. The van der Waals surface area contributed by atoms with E-state index in [1.807, 2.05) is 12.1 Å². The summed E-state index contributed by atoms with van der Waals surface area (Å²) in [5.74, 6) is 0.309. The fraction of sp³-hybridized carbons (Fsp3) is 0.286. The molecule has 0 spiro atoms. The van der Waals surface area contributed by atoms with Crippen LogP contribution in [0.5, 0.6) is 0 Å². The zero-order chi connectivity index (χ0) is 20.1. The van der Waals surface area contributed by atoms with Crippen molar-refractivity contribution in [2.75, 3.05) is 37.6 Å². The number of hydrogen-bond acceptors (Lipinski definition) is 6. The van der Waals surface area contributed by atoms with E-state index < -0.39 is 0 Å². The number of nitrogens with zero attached hydrogens (tertiary/aromatic N) is 4. The number of hydrogen-bond donors (Lipinski definition) is 1. The van der Waals surface area contributed by atoms with Crippen molar-refractivity contribution in [2.24, 2.45) is 0 Å². The molecular weight excluding hydrogens is 373 g/mol. The molecule has 1 saturated heterocycles. The highest BCUT2D eigenvalue weighted by atomic mass is 19.1. The van der Waals surface area contributed by atoms with Crippen molar-refractivity contribution < 1.29 is 13.6 Å². The fourth-order valence-corrected chi connectivity index (χ4v) is 3.53. The van der Waals surface area contributed by atoms with E-state index in [0.29, 0.717) is 6.54 Å². The summed E-state index contributed by atoms with van der Waals surface area (Å²) in [6.45, 7) is 3.61. The highest BCUT2D eigenvalue weighted by molar-refractivity contribution is 5.91. The second-order valence-corrected chi connectivity index (χ2v) is 6.83. The molecule has 1 amide bonds. The molecule has 0 bridgehead atoms. The van der Waals surface area contributed by atoms with Gasteiger partial charge in [-0.15, -0.1) is 0 Å². The van der Waals surface area contributed by atoms with E-state index in [9.17, 15) is 9.18 Å². The summed E-state index contributed by atoms with van der Waals surface area (Å²) >= 11 is 0. The quantitative estimate of drug-likeness (QED) is 0.691. The van der Waals surface area contributed by atoms with Crippen LogP contribution in [-0.2, 0) is 0 Å². The molecule has 2 aromatic heterocycles. The van der Waals surface area contributed by atoms with E-state index >= 15 is 0 Å². The van der Waals surface area contributed by atoms with Crippen molar-refractivity contribution in [3.05, 3.63) is 78.5 Å². The summed E-state index contributed by atoms with van der Waals surface area (Å²) in [5, 5.41) is 2.94. The van der Waals surface area contributed by atoms with Gasteiger partial charge in [0, 0.05) is 50.8 Å². The van der Waals surface area contributed by atoms with Gasteiger partial charge in [-0.1, -0.05) is 0 Å². The Morgan fingerprint density at radius 3 is 2.59 bits per heavy atom. The average molecular weight is 395 g/mol. The first-order chi connectivity index (χ1) is 14.2. The van der Waals surface area contributed by atoms with Crippen LogP contribution in [0, 0.1) is 5.82 Å². The van der Waals surface area contributed by atoms with Crippen LogP contribution in [0.1, 0.15) is 22.3 Å². The maximum Gasteiger partial charge on any atom is 0.271 e. The van der Waals surface area contributed by atoms with Crippen molar-refractivity contribution in [1.82, 2.24) is 20.2 Å². The number of benzene rings is 1. The van der Waals surface area contributed by atoms with E-state index in [1.54, 1.807) is 18.4 Å². The normalized spacial score (nSPS) is 15.8. The molecule has 8 heteroatoms. The molecule has 4 rings (SSSR count). The second-order valence-electron chi connectivity index (χ2n) is 6.83. The maximum absolute atomic E-state index is 13.2. The molecule has 3 heterocycles. The van der Waals surface area contributed by atoms with Crippen molar-refractivity contribution in [2.45, 2.75) is 6.04 Å². The predicted octanol–water partition coefficient (Wildman–Crippen LogP) is 2.50. The van der Waals surface area contributed by atoms with E-state index in [4.69, 9.17) is 4.42 Å². The molecule has 29 heavy (non-hydrogen) atoms. The Hall–Kier alpha value is -3.26. The van der Waals surface area contributed by atoms with Crippen LogP contribution in [0.25, 0.3) is 0 Å². The molecule has 0 radical (unpaired) electrons. The number of aromatic nitrogens is 2. The highest BCUT2D eigenvalue weighted by Gasteiger charge is 2.27. The van der Waals surface area contributed by atoms with Gasteiger partial charge in [0.05, 0.1) is 18.5 Å². The van der Waals surface area contributed by atoms with Gasteiger partial charge in [0.15, 0.2) is 0 Å². The highest BCUT2D eigenvalue weighted by Crippen LogP contribution is 2.24. The number of carbonyl (C=O) groups is 1. The first kappa shape index (κ1) is 19.1. The Morgan fingerprint density at radius 1 is 1.14 bits per heavy atom. The van der Waals surface area contributed by atoms with Gasteiger partial charge >= 0.3 is 0 Å². The van der Waals surface area contributed by atoms with E-state index in [-0.39, 0.29) is 23.5 Å². The standard InChI is InChI=1S/C21H22FN5O2/c22-16-3-5-17(6-4-16)26-9-11-27(12-10-26)19(20-2-1-13-29-20)15-25-21(28)18-14-23-7-8-24-18/h1-8,13-14,19H,9-12,15H2,(H,25,28)/t19-/m0/s1. The molecule has 1 fully saturated rings. The topological polar surface area (TPSA) is 74.5 Å². The second kappa shape index (κ2) is 8.83. The van der Waals surface area contributed by atoms with Crippen LogP contribution in [0.2, 0.25) is 0 Å². The SMILES string of the molecule is O=C(NC[C@@H](c1ccco1)N1CCN(c2ccc(F)cc2)CC1)c1cnccn1. The van der Waals surface area contributed by atoms with E-state index in [2.05, 4.69) is 25.1 Å². The first-order valence-corrected chi connectivity index (χ1v) is 9.53. The third-order valence-electron chi connectivity index (χ3n) is 5.07. The molecule has 0 unspecified atom stereocenters. The predicted molar refractivity (Wildman–Crippen MR) is 106 cm³/mol. The maximum atomic E-state index is 13.2. The van der Waals surface area contributed by atoms with Crippen molar-refractivity contribution in [3.63, 3.8) is 0 Å². The lowest BCUT2D eigenvalue weighted by molar-refractivity contribution is 0.0917. The average Bonchev–Trinajstić information content (AvgIpc) is 3.30. The monoisotopic (exact) mass is 395 g/mol. The first-order valence-electron chi connectivity index (χ1n) is 9.53. The molecule has 1 atom stereocenters. The van der Waals surface area contributed by atoms with Crippen LogP contribution in [-0.4, -0.2) is 53.5 Å². The number of anilines is 1. The van der Waals surface area contributed by atoms with Gasteiger partial charge < -0.3 is 14.6 Å². The lowest BCUT2D eigenvalue weighted by Crippen LogP contribution is -2.49. The minimum atomic E-state index is -0.264. The number of amides is 1. The molecule has 1 aromatic carbocycles. The summed E-state index contributed by atoms with van der Waals surface area (Å²) in [7, 11) is 0. The fourth-order valence-electron chi connectivity index (χ4n) is 3.53. The molecular formula is C21H22FN5O2. The largest absolute Gasteiger partial charge is 0.468 e. The third-order valence-corrected chi connectivity index (χ3v) is 5.07. The van der Waals surface area contributed by atoms with Crippen LogP contribution >= 0.6 is 0 Å². The lowest BCUT2D eigenvalue weighted by Gasteiger charge is -2.39. The van der Waals surface area contributed by atoms with Gasteiger partial charge in [-0.25, -0.2) is 9.37 Å². The molecule has 1 N–H and O–H groups in total. The number of carbonyl (C=O) groups excluding carboxylic acids is 1. The third kappa shape index (κ3) is 4.60. The van der Waals surface area contributed by atoms with Gasteiger partial charge in [-0.05, 0) is 36.4 Å². The number of nitrogens with one attached hydrogen (secondary N) is 1. The zero-order valence-electron chi connectivity index (χ0n) is 15.9. The number of furan rings is 1. The summed E-state index contributed by atoms with van der Waals surface area (Å²) in [5.41, 5.74) is 1.29. The van der Waals surface area contributed by atoms with Crippen LogP contribution in [0.4, 0.5) is 10.1 Å². The Kier molecular flexibility index (Phi) is 5.81. The van der Waals surface area contributed by atoms with E-state index in [0.717, 1.165) is 37.6 Å². The summed E-state index contributed by atoms with van der Waals surface area (Å²) in [6, 6.07) is 10.3. The molecule has 0 saturated carbocycles. The minimum Gasteiger partial charge on any atom is -0.468 e. The Balaban J connectivity index is 1.40. The van der Waals surface area contributed by atoms with Gasteiger partial charge in [0.1, 0.15) is 17.3 Å². The van der Waals surface area contributed by atoms with E-state index in [1.165, 1.54) is 30.7 Å². The smallest absolute Gasteiger partial charge is 0.271 e. The molecule has 7 nitrogen and oxygen atoms in total. The van der Waals surface area contributed by atoms with Crippen LogP contribution < -0.4 is 10.2 Å². The van der Waals surface area contributed by atoms with Gasteiger partial charge in [-0.2, -0.15) is 0 Å². The van der Waals surface area contributed by atoms with Crippen molar-refractivity contribution in [1.29, 1.82) is 0 Å². The zero-order valence-corrected chi connectivity index (χ0v) is 15.9. The molecule has 3 aromatic rings. The van der Waals surface area contributed by atoms with Crippen LogP contribution in [0.15, 0.2) is 65.7 Å². The Morgan fingerprint density at radius 2 is 1.93 bits per heavy atom. The Bertz CT molecular complexity index is 910. The van der Waals surface area contributed by atoms with Crippen molar-refractivity contribution in [3.8, 4) is 0 Å². The van der Waals surface area contributed by atoms with Crippen LogP contribution in [0.3, 0.4) is 0 Å². The molecule has 1 aliphatic rings. The summed E-state index contributed by atoms with van der Waals surface area (Å²) < 4.78 is 18.8. The van der Waals surface area contributed by atoms with Crippen molar-refractivity contribution >= 4 is 11.6 Å².